The number of amides is 1. The lowest BCUT2D eigenvalue weighted by Crippen LogP contribution is -2.49. The normalized spacial score (nSPS) is 15.8. The van der Waals surface area contributed by atoms with Gasteiger partial charge in [0.25, 0.3) is 5.91 Å². The molecule has 1 aliphatic heterocycles. The molecule has 4 aromatic carbocycles. The van der Waals surface area contributed by atoms with Crippen molar-refractivity contribution in [3.8, 4) is 11.1 Å². The third kappa shape index (κ3) is 5.65. The van der Waals surface area contributed by atoms with Gasteiger partial charge in [0.05, 0.1) is 0 Å². The molecule has 0 aromatic heterocycles. The topological polar surface area (TPSA) is 32.3 Å². The molecule has 0 spiro atoms. The average molecular weight is 493 g/mol. The first-order valence-electron chi connectivity index (χ1n) is 13.0. The van der Waals surface area contributed by atoms with Gasteiger partial charge in [-0.3, -0.25) is 4.79 Å². The predicted octanol–water partition coefficient (Wildman–Crippen LogP) is 7.02. The number of carbonyl (C=O) groups is 1. The Morgan fingerprint density at radius 2 is 1.35 bits per heavy atom. The zero-order valence-corrected chi connectivity index (χ0v) is 21.2. The van der Waals surface area contributed by atoms with Gasteiger partial charge in [-0.25, -0.2) is 4.39 Å². The smallest absolute Gasteiger partial charge is 0.253 e. The lowest BCUT2D eigenvalue weighted by Gasteiger charge is -2.43. The van der Waals surface area contributed by atoms with Crippen LogP contribution >= 0.6 is 0 Å². The van der Waals surface area contributed by atoms with Crippen LogP contribution in [0.15, 0.2) is 109 Å². The van der Waals surface area contributed by atoms with Crippen molar-refractivity contribution in [3.63, 3.8) is 0 Å². The summed E-state index contributed by atoms with van der Waals surface area (Å²) in [6.45, 7) is 4.51. The van der Waals surface area contributed by atoms with E-state index in [1.54, 1.807) is 12.1 Å². The molecule has 4 heteroatoms. The van der Waals surface area contributed by atoms with Crippen LogP contribution in [-0.2, 0) is 5.41 Å². The van der Waals surface area contributed by atoms with Gasteiger partial charge in [-0.2, -0.15) is 0 Å². The Hall–Kier alpha value is -3.76. The summed E-state index contributed by atoms with van der Waals surface area (Å²) in [5, 5.41) is 3.78. The maximum Gasteiger partial charge on any atom is 0.253 e. The van der Waals surface area contributed by atoms with E-state index in [1.165, 1.54) is 23.3 Å². The number of nitrogens with one attached hydrogen (secondary N) is 1. The highest BCUT2D eigenvalue weighted by Crippen LogP contribution is 2.36. The summed E-state index contributed by atoms with van der Waals surface area (Å²) in [6, 6.07) is 35.6. The molecule has 1 fully saturated rings. The van der Waals surface area contributed by atoms with Crippen LogP contribution in [0, 0.1) is 5.82 Å². The molecule has 4 aromatic rings. The highest BCUT2D eigenvalue weighted by atomic mass is 19.1. The molecule has 1 aliphatic rings. The van der Waals surface area contributed by atoms with Crippen molar-refractivity contribution in [2.75, 3.05) is 19.6 Å². The van der Waals surface area contributed by atoms with Crippen LogP contribution in [0.4, 0.5) is 4.39 Å². The number of benzene rings is 4. The zero-order valence-electron chi connectivity index (χ0n) is 21.2. The average Bonchev–Trinajstić information content (AvgIpc) is 2.97. The Morgan fingerprint density at radius 3 is 1.95 bits per heavy atom. The van der Waals surface area contributed by atoms with E-state index in [0.29, 0.717) is 5.56 Å². The molecule has 0 radical (unpaired) electrons. The number of halogens is 1. The van der Waals surface area contributed by atoms with Crippen LogP contribution < -0.4 is 5.32 Å². The standard InChI is InChI=1S/C33H33FN2O/c1-25(26-8-4-2-5-9-26)35-24-33(30-10-6-3-7-11-30)20-22-36(23-21-33)32(37)29-14-12-27(13-15-29)28-16-18-31(34)19-17-28/h2-19,25,35H,20-24H2,1H3. The van der Waals surface area contributed by atoms with Gasteiger partial charge in [0.1, 0.15) is 5.82 Å². The fourth-order valence-electron chi connectivity index (χ4n) is 5.34. The molecule has 1 N–H and O–H groups in total. The van der Waals surface area contributed by atoms with E-state index >= 15 is 0 Å². The maximum absolute atomic E-state index is 13.4. The summed E-state index contributed by atoms with van der Waals surface area (Å²) in [6.07, 6.45) is 1.82. The molecule has 0 saturated carbocycles. The van der Waals surface area contributed by atoms with Crippen molar-refractivity contribution >= 4 is 5.91 Å². The van der Waals surface area contributed by atoms with Crippen molar-refractivity contribution in [2.45, 2.75) is 31.2 Å². The molecule has 1 unspecified atom stereocenters. The van der Waals surface area contributed by atoms with Gasteiger partial charge in [0.15, 0.2) is 0 Å². The van der Waals surface area contributed by atoms with Gasteiger partial charge in [-0.1, -0.05) is 84.9 Å². The number of rotatable bonds is 7. The van der Waals surface area contributed by atoms with E-state index in [1.807, 2.05) is 35.2 Å². The van der Waals surface area contributed by atoms with Gasteiger partial charge in [0, 0.05) is 36.7 Å². The van der Waals surface area contributed by atoms with Crippen molar-refractivity contribution in [1.82, 2.24) is 10.2 Å². The summed E-state index contributed by atoms with van der Waals surface area (Å²) < 4.78 is 13.3. The van der Waals surface area contributed by atoms with Gasteiger partial charge < -0.3 is 10.2 Å². The van der Waals surface area contributed by atoms with Crippen molar-refractivity contribution in [3.05, 3.63) is 132 Å². The van der Waals surface area contributed by atoms with Crippen LogP contribution in [0.3, 0.4) is 0 Å². The summed E-state index contributed by atoms with van der Waals surface area (Å²) in [4.78, 5) is 15.3. The number of piperidine rings is 1. The molecule has 1 saturated heterocycles. The summed E-state index contributed by atoms with van der Waals surface area (Å²) >= 11 is 0. The summed E-state index contributed by atoms with van der Waals surface area (Å²) in [5.41, 5.74) is 5.18. The van der Waals surface area contributed by atoms with Gasteiger partial charge in [-0.05, 0) is 66.3 Å². The predicted molar refractivity (Wildman–Crippen MR) is 148 cm³/mol. The molecule has 37 heavy (non-hydrogen) atoms. The number of hydrogen-bond acceptors (Lipinski definition) is 2. The second-order valence-electron chi connectivity index (χ2n) is 10.0. The Balaban J connectivity index is 1.27. The van der Waals surface area contributed by atoms with Crippen LogP contribution in [0.5, 0.6) is 0 Å². The molecule has 1 heterocycles. The number of carbonyl (C=O) groups excluding carboxylic acids is 1. The van der Waals surface area contributed by atoms with E-state index < -0.39 is 0 Å². The summed E-state index contributed by atoms with van der Waals surface area (Å²) in [5.74, 6) is -0.185. The minimum atomic E-state index is -0.253. The number of likely N-dealkylation sites (tertiary alicyclic amines) is 1. The van der Waals surface area contributed by atoms with E-state index in [2.05, 4.69) is 66.8 Å². The quantitative estimate of drug-likeness (QED) is 0.301. The maximum atomic E-state index is 13.4. The number of hydrogen-bond donors (Lipinski definition) is 1. The van der Waals surface area contributed by atoms with E-state index in [-0.39, 0.29) is 23.2 Å². The number of nitrogens with zero attached hydrogens (tertiary/aromatic N) is 1. The Morgan fingerprint density at radius 1 is 0.811 bits per heavy atom. The van der Waals surface area contributed by atoms with Gasteiger partial charge >= 0.3 is 0 Å². The van der Waals surface area contributed by atoms with Gasteiger partial charge in [0.2, 0.25) is 0 Å². The third-order valence-electron chi connectivity index (χ3n) is 7.75. The van der Waals surface area contributed by atoms with Gasteiger partial charge in [-0.15, -0.1) is 0 Å². The van der Waals surface area contributed by atoms with E-state index in [0.717, 1.165) is 43.6 Å². The monoisotopic (exact) mass is 492 g/mol. The highest BCUT2D eigenvalue weighted by Gasteiger charge is 2.37. The molecule has 3 nitrogen and oxygen atoms in total. The lowest BCUT2D eigenvalue weighted by molar-refractivity contribution is 0.0662. The molecule has 1 atom stereocenters. The lowest BCUT2D eigenvalue weighted by atomic mass is 9.72. The molecular formula is C33H33FN2O. The van der Waals surface area contributed by atoms with E-state index in [4.69, 9.17) is 0 Å². The Labute approximate surface area is 219 Å². The third-order valence-corrected chi connectivity index (χ3v) is 7.75. The molecule has 0 bridgehead atoms. The van der Waals surface area contributed by atoms with Crippen LogP contribution in [0.2, 0.25) is 0 Å². The minimum absolute atomic E-state index is 0.0203. The second-order valence-corrected chi connectivity index (χ2v) is 10.0. The first-order valence-corrected chi connectivity index (χ1v) is 13.0. The first-order chi connectivity index (χ1) is 18.0. The Kier molecular flexibility index (Phi) is 7.47. The first kappa shape index (κ1) is 24.9. The zero-order chi connectivity index (χ0) is 25.7. The molecule has 0 aliphatic carbocycles. The highest BCUT2D eigenvalue weighted by molar-refractivity contribution is 5.94. The molecule has 188 valence electrons. The van der Waals surface area contributed by atoms with Crippen molar-refractivity contribution < 1.29 is 9.18 Å². The SMILES string of the molecule is CC(NCC1(c2ccccc2)CCN(C(=O)c2ccc(-c3ccc(F)cc3)cc2)CC1)c1ccccc1. The summed E-state index contributed by atoms with van der Waals surface area (Å²) in [7, 11) is 0. The molecule has 1 amide bonds. The van der Waals surface area contributed by atoms with Crippen LogP contribution in [0.25, 0.3) is 11.1 Å². The van der Waals surface area contributed by atoms with Crippen molar-refractivity contribution in [2.24, 2.45) is 0 Å². The minimum Gasteiger partial charge on any atom is -0.339 e. The van der Waals surface area contributed by atoms with E-state index in [9.17, 15) is 9.18 Å². The second kappa shape index (κ2) is 11.1. The molecular weight excluding hydrogens is 459 g/mol. The largest absolute Gasteiger partial charge is 0.339 e. The van der Waals surface area contributed by atoms with Crippen molar-refractivity contribution in [1.29, 1.82) is 0 Å². The fourth-order valence-corrected chi connectivity index (χ4v) is 5.34. The molecule has 5 rings (SSSR count). The fraction of sp³-hybridized carbons (Fsp3) is 0.242. The van der Waals surface area contributed by atoms with Crippen LogP contribution in [0.1, 0.15) is 47.3 Å². The Bertz CT molecular complexity index is 1300. The van der Waals surface area contributed by atoms with Crippen LogP contribution in [-0.4, -0.2) is 30.4 Å².